The molecule has 0 atom stereocenters. The fraction of sp³-hybridized carbons (Fsp3) is 0.500. The first-order chi connectivity index (χ1) is 9.47. The van der Waals surface area contributed by atoms with Crippen molar-refractivity contribution in [2.45, 2.75) is 0 Å². The summed E-state index contributed by atoms with van der Waals surface area (Å²) in [6.45, 7) is -1.97. The number of benzene rings is 1. The fourth-order valence-corrected chi connectivity index (χ4v) is 2.01. The molecule has 0 bridgehead atoms. The first-order valence-corrected chi connectivity index (χ1v) is 6.39. The topological polar surface area (TPSA) is 21.7 Å². The van der Waals surface area contributed by atoms with Crippen LogP contribution in [-0.4, -0.2) is 51.3 Å². The minimum atomic E-state index is -5.21. The fourth-order valence-electron chi connectivity index (χ4n) is 2.01. The van der Waals surface area contributed by atoms with Crippen LogP contribution in [-0.2, 0) is 4.74 Å². The van der Waals surface area contributed by atoms with E-state index in [4.69, 9.17) is 9.47 Å². The Bertz CT molecular complexity index is 455. The summed E-state index contributed by atoms with van der Waals surface area (Å²) in [5.74, 6) is -1.18. The number of halogens is 4. The first kappa shape index (κ1) is 19.4. The third-order valence-corrected chi connectivity index (χ3v) is 3.10. The van der Waals surface area contributed by atoms with Crippen LogP contribution in [0.15, 0.2) is 18.2 Å². The van der Waals surface area contributed by atoms with E-state index < -0.39 is 24.0 Å². The standard InChI is InChI=1S/C12H15BF4NO2.K/c14-10-1-2-11(13(15,16)17)12(9-10)20-8-5-18-3-6-19-7-4-18;/h1-2,9H,3-8H2;/q-1;+1. The molecule has 1 aliphatic rings. The molecule has 0 aliphatic carbocycles. The normalized spacial score (nSPS) is 16.4. The van der Waals surface area contributed by atoms with Crippen molar-refractivity contribution in [3.05, 3.63) is 24.0 Å². The molecule has 21 heavy (non-hydrogen) atoms. The van der Waals surface area contributed by atoms with Crippen LogP contribution in [0.1, 0.15) is 0 Å². The van der Waals surface area contributed by atoms with Crippen molar-refractivity contribution >= 4 is 12.4 Å². The van der Waals surface area contributed by atoms with Gasteiger partial charge in [0.15, 0.2) is 0 Å². The van der Waals surface area contributed by atoms with Gasteiger partial charge in [-0.2, -0.15) is 0 Å². The molecule has 1 aliphatic heterocycles. The van der Waals surface area contributed by atoms with Gasteiger partial charge in [0.1, 0.15) is 12.4 Å². The maximum atomic E-state index is 13.0. The van der Waals surface area contributed by atoms with Crippen LogP contribution in [0.25, 0.3) is 0 Å². The zero-order chi connectivity index (χ0) is 14.6. The Kier molecular flexibility index (Phi) is 8.18. The molecule has 0 saturated carbocycles. The number of rotatable bonds is 5. The Morgan fingerprint density at radius 3 is 2.48 bits per heavy atom. The molecule has 0 amide bonds. The van der Waals surface area contributed by atoms with E-state index in [1.165, 1.54) is 0 Å². The van der Waals surface area contributed by atoms with Gasteiger partial charge in [-0.05, 0) is 6.07 Å². The molecule has 3 nitrogen and oxygen atoms in total. The second-order valence-electron chi connectivity index (χ2n) is 4.56. The molecule has 0 spiro atoms. The van der Waals surface area contributed by atoms with Gasteiger partial charge in [-0.25, -0.2) is 4.39 Å². The van der Waals surface area contributed by atoms with Crippen LogP contribution < -0.4 is 61.6 Å². The minimum absolute atomic E-state index is 0. The SMILES string of the molecule is Fc1ccc([B-](F)(F)F)c(OCCN2CCOCC2)c1.[K+]. The largest absolute Gasteiger partial charge is 1.00 e. The van der Waals surface area contributed by atoms with Gasteiger partial charge in [0.25, 0.3) is 0 Å². The second-order valence-corrected chi connectivity index (χ2v) is 4.56. The van der Waals surface area contributed by atoms with Gasteiger partial charge in [-0.1, -0.05) is 11.5 Å². The van der Waals surface area contributed by atoms with Crippen LogP contribution in [0.3, 0.4) is 0 Å². The van der Waals surface area contributed by atoms with Crippen molar-refractivity contribution in [2.75, 3.05) is 39.5 Å². The van der Waals surface area contributed by atoms with Gasteiger partial charge in [0.2, 0.25) is 0 Å². The Balaban J connectivity index is 0.00000220. The van der Waals surface area contributed by atoms with E-state index in [0.29, 0.717) is 19.8 Å². The van der Waals surface area contributed by atoms with Gasteiger partial charge >= 0.3 is 58.4 Å². The summed E-state index contributed by atoms with van der Waals surface area (Å²) >= 11 is 0. The molecule has 0 aromatic heterocycles. The van der Waals surface area contributed by atoms with Crippen LogP contribution >= 0.6 is 0 Å². The molecule has 1 aromatic carbocycles. The molecule has 1 heterocycles. The van der Waals surface area contributed by atoms with E-state index in [1.807, 2.05) is 4.90 Å². The molecule has 9 heteroatoms. The van der Waals surface area contributed by atoms with Crippen LogP contribution in [0.2, 0.25) is 0 Å². The predicted octanol–water partition coefficient (Wildman–Crippen LogP) is -1.40. The summed E-state index contributed by atoms with van der Waals surface area (Å²) < 4.78 is 61.7. The molecule has 0 unspecified atom stereocenters. The summed E-state index contributed by atoms with van der Waals surface area (Å²) in [7, 11) is 0. The summed E-state index contributed by atoms with van der Waals surface area (Å²) in [4.78, 5) is 2.03. The Morgan fingerprint density at radius 2 is 1.86 bits per heavy atom. The molecule has 1 aromatic rings. The molecule has 1 fully saturated rings. The quantitative estimate of drug-likeness (QED) is 0.489. The molecule has 0 N–H and O–H groups in total. The molecule has 2 rings (SSSR count). The molecule has 112 valence electrons. The average molecular weight is 331 g/mol. The summed E-state index contributed by atoms with van der Waals surface area (Å²) in [6, 6.07) is 2.29. The smallest absolute Gasteiger partial charge is 0.495 e. The van der Waals surface area contributed by atoms with E-state index in [-0.39, 0.29) is 58.0 Å². The van der Waals surface area contributed by atoms with Gasteiger partial charge in [0, 0.05) is 25.7 Å². The van der Waals surface area contributed by atoms with Crippen molar-refractivity contribution in [3.8, 4) is 5.75 Å². The minimum Gasteiger partial charge on any atom is -0.495 e. The third-order valence-electron chi connectivity index (χ3n) is 3.10. The maximum absolute atomic E-state index is 13.0. The Hall–Kier alpha value is 0.361. The summed E-state index contributed by atoms with van der Waals surface area (Å²) in [5, 5.41) is 0. The molecule has 1 saturated heterocycles. The summed E-state index contributed by atoms with van der Waals surface area (Å²) in [6.07, 6.45) is 0. The number of morpholine rings is 1. The summed E-state index contributed by atoms with van der Waals surface area (Å²) in [5.41, 5.74) is -0.895. The molecule has 0 radical (unpaired) electrons. The second kappa shape index (κ2) is 8.85. The number of hydrogen-bond acceptors (Lipinski definition) is 3. The van der Waals surface area contributed by atoms with Gasteiger partial charge < -0.3 is 22.4 Å². The number of nitrogens with zero attached hydrogens (tertiary/aromatic N) is 1. The number of hydrogen-bond donors (Lipinski definition) is 0. The van der Waals surface area contributed by atoms with Crippen molar-refractivity contribution in [2.24, 2.45) is 0 Å². The van der Waals surface area contributed by atoms with Gasteiger partial charge in [-0.3, -0.25) is 4.90 Å². The first-order valence-electron chi connectivity index (χ1n) is 6.39. The number of ether oxygens (including phenoxy) is 2. The van der Waals surface area contributed by atoms with Crippen molar-refractivity contribution in [1.82, 2.24) is 4.90 Å². The monoisotopic (exact) mass is 331 g/mol. The molecular weight excluding hydrogens is 316 g/mol. The Labute approximate surface area is 163 Å². The molecular formula is C12H15BF4KNO2. The predicted molar refractivity (Wildman–Crippen MR) is 67.9 cm³/mol. The van der Waals surface area contributed by atoms with Crippen LogP contribution in [0.5, 0.6) is 5.75 Å². The third kappa shape index (κ3) is 6.17. The average Bonchev–Trinajstić information content (AvgIpc) is 2.38. The van der Waals surface area contributed by atoms with E-state index in [0.717, 1.165) is 31.3 Å². The van der Waals surface area contributed by atoms with Crippen molar-refractivity contribution in [1.29, 1.82) is 0 Å². The van der Waals surface area contributed by atoms with Crippen molar-refractivity contribution in [3.63, 3.8) is 0 Å². The van der Waals surface area contributed by atoms with E-state index in [9.17, 15) is 17.3 Å². The Morgan fingerprint density at radius 1 is 1.19 bits per heavy atom. The van der Waals surface area contributed by atoms with Crippen molar-refractivity contribution < 1.29 is 78.2 Å². The zero-order valence-electron chi connectivity index (χ0n) is 11.8. The van der Waals surface area contributed by atoms with E-state index in [2.05, 4.69) is 0 Å². The zero-order valence-corrected chi connectivity index (χ0v) is 15.0. The van der Waals surface area contributed by atoms with E-state index >= 15 is 0 Å². The maximum Gasteiger partial charge on any atom is 1.00 e. The van der Waals surface area contributed by atoms with Gasteiger partial charge in [-0.15, -0.1) is 0 Å². The van der Waals surface area contributed by atoms with Crippen LogP contribution in [0.4, 0.5) is 17.3 Å². The van der Waals surface area contributed by atoms with E-state index in [1.54, 1.807) is 0 Å². The van der Waals surface area contributed by atoms with Crippen LogP contribution in [0, 0.1) is 5.82 Å². The van der Waals surface area contributed by atoms with Gasteiger partial charge in [0.05, 0.1) is 19.0 Å².